The van der Waals surface area contributed by atoms with Crippen LogP contribution in [0.15, 0.2) is 72.9 Å². The largest absolute Gasteiger partial charge is 0.425 e. The van der Waals surface area contributed by atoms with Crippen molar-refractivity contribution in [2.45, 2.75) is 30.8 Å². The number of rotatable bonds is 9. The van der Waals surface area contributed by atoms with Gasteiger partial charge in [0.1, 0.15) is 17.2 Å². The number of para-hydroxylation sites is 1. The third kappa shape index (κ3) is 5.14. The molecule has 194 valence electrons. The van der Waals surface area contributed by atoms with E-state index in [4.69, 9.17) is 10.5 Å². The summed E-state index contributed by atoms with van der Waals surface area (Å²) in [5, 5.41) is 39.8. The minimum absolute atomic E-state index is 0.102. The molecule has 6 N–H and O–H groups in total. The van der Waals surface area contributed by atoms with E-state index in [9.17, 15) is 27.8 Å². The van der Waals surface area contributed by atoms with Crippen LogP contribution in [0.3, 0.4) is 0 Å². The van der Waals surface area contributed by atoms with Gasteiger partial charge in [0, 0.05) is 53.6 Å². The summed E-state index contributed by atoms with van der Waals surface area (Å²) in [6.45, 7) is -0.361. The number of benzene rings is 3. The average Bonchev–Trinajstić information content (AvgIpc) is 3.26. The van der Waals surface area contributed by atoms with Gasteiger partial charge in [-0.3, -0.25) is 5.32 Å². The molecule has 37 heavy (non-hydrogen) atoms. The number of aryl methyl sites for hydroxylation is 1. The first kappa shape index (κ1) is 26.5. The van der Waals surface area contributed by atoms with Crippen molar-refractivity contribution in [2.75, 3.05) is 6.61 Å². The molecule has 6 nitrogen and oxygen atoms in total. The molecule has 4 aromatic rings. The second-order valence-corrected chi connectivity index (χ2v) is 8.77. The minimum Gasteiger partial charge on any atom is -0.394 e. The van der Waals surface area contributed by atoms with E-state index in [0.29, 0.717) is 16.9 Å². The van der Waals surface area contributed by atoms with Gasteiger partial charge in [0.2, 0.25) is 5.60 Å². The fraction of sp³-hybridized carbons (Fsp3) is 0.222. The van der Waals surface area contributed by atoms with Crippen LogP contribution in [0.5, 0.6) is 0 Å². The molecule has 0 spiro atoms. The van der Waals surface area contributed by atoms with Crippen molar-refractivity contribution in [3.63, 3.8) is 0 Å². The van der Waals surface area contributed by atoms with E-state index in [-0.39, 0.29) is 29.5 Å². The molecule has 1 aromatic heterocycles. The maximum atomic E-state index is 14.7. The van der Waals surface area contributed by atoms with Gasteiger partial charge in [-0.2, -0.15) is 13.2 Å². The Hall–Kier alpha value is -3.57. The van der Waals surface area contributed by atoms with Crippen molar-refractivity contribution >= 4 is 28.5 Å². The van der Waals surface area contributed by atoms with Crippen molar-refractivity contribution in [3.8, 4) is 0 Å². The highest BCUT2D eigenvalue weighted by Crippen LogP contribution is 2.47. The monoisotopic (exact) mass is 516 g/mol. The fourth-order valence-corrected chi connectivity index (χ4v) is 4.37. The Morgan fingerprint density at radius 3 is 2.38 bits per heavy atom. The van der Waals surface area contributed by atoms with Crippen LogP contribution in [-0.2, 0) is 12.1 Å². The van der Waals surface area contributed by atoms with Crippen LogP contribution in [0.1, 0.15) is 23.1 Å². The first-order valence-electron chi connectivity index (χ1n) is 11.5. The van der Waals surface area contributed by atoms with E-state index in [1.807, 2.05) is 0 Å². The lowest BCUT2D eigenvalue weighted by atomic mass is 9.84. The molecule has 0 fully saturated rings. The van der Waals surface area contributed by atoms with Gasteiger partial charge >= 0.3 is 6.18 Å². The number of fused-ring (bicyclic) bond motifs is 1. The van der Waals surface area contributed by atoms with Crippen LogP contribution in [0.2, 0.25) is 0 Å². The van der Waals surface area contributed by atoms with Crippen molar-refractivity contribution in [1.82, 2.24) is 4.57 Å². The van der Waals surface area contributed by atoms with Crippen LogP contribution < -0.4 is 5.32 Å². The topological polar surface area (TPSA) is 106 Å². The summed E-state index contributed by atoms with van der Waals surface area (Å²) in [6.07, 6.45) is -3.94. The lowest BCUT2D eigenvalue weighted by Gasteiger charge is -2.31. The van der Waals surface area contributed by atoms with Crippen LogP contribution in [0.4, 0.5) is 28.9 Å². The summed E-state index contributed by atoms with van der Waals surface area (Å²) in [7, 11) is 0. The maximum absolute atomic E-state index is 14.7. The second-order valence-electron chi connectivity index (χ2n) is 8.77. The van der Waals surface area contributed by atoms with E-state index >= 15 is 0 Å². The molecule has 0 aliphatic rings. The SMILES string of the molecule is N=Cc1cc(C(O)(c2cn(CCC(O)CO)c3ccccc23)C(F)(F)F)ccc1[NH2+]c1ccc(F)cc1. The highest BCUT2D eigenvalue weighted by Gasteiger charge is 2.57. The number of nitrogens with two attached hydrogens (primary N) is 1. The van der Waals surface area contributed by atoms with Gasteiger partial charge in [0.25, 0.3) is 0 Å². The first-order valence-corrected chi connectivity index (χ1v) is 11.5. The van der Waals surface area contributed by atoms with Gasteiger partial charge in [-0.25, -0.2) is 4.39 Å². The number of aliphatic hydroxyl groups excluding tert-OH is 2. The Labute approximate surface area is 209 Å². The molecule has 0 saturated carbocycles. The Balaban J connectivity index is 1.82. The normalized spacial score (nSPS) is 14.5. The van der Waals surface area contributed by atoms with Gasteiger partial charge in [-0.1, -0.05) is 18.2 Å². The van der Waals surface area contributed by atoms with Crippen molar-refractivity contribution in [3.05, 3.63) is 95.4 Å². The number of hydrogen-bond acceptors (Lipinski definition) is 4. The van der Waals surface area contributed by atoms with Crippen molar-refractivity contribution in [1.29, 1.82) is 5.41 Å². The smallest absolute Gasteiger partial charge is 0.394 e. The summed E-state index contributed by atoms with van der Waals surface area (Å²) < 4.78 is 58.8. The molecule has 1 heterocycles. The lowest BCUT2D eigenvalue weighted by molar-refractivity contribution is -0.478. The van der Waals surface area contributed by atoms with E-state index in [0.717, 1.165) is 18.3 Å². The molecule has 0 bridgehead atoms. The predicted octanol–water partition coefficient (Wildman–Crippen LogP) is 3.85. The number of nitrogens with one attached hydrogen (secondary N) is 1. The van der Waals surface area contributed by atoms with Crippen molar-refractivity contribution in [2.24, 2.45) is 0 Å². The van der Waals surface area contributed by atoms with Crippen LogP contribution >= 0.6 is 0 Å². The summed E-state index contributed by atoms with van der Waals surface area (Å²) >= 11 is 0. The molecule has 4 rings (SSSR count). The van der Waals surface area contributed by atoms with Crippen molar-refractivity contribution < 1.29 is 38.2 Å². The lowest BCUT2D eigenvalue weighted by Crippen LogP contribution is -2.71. The zero-order chi connectivity index (χ0) is 26.8. The standard InChI is InChI=1S/C27H25F4N3O3/c28-19-6-8-20(9-7-19)33-24-10-5-18(13-17(24)14-32)26(37,27(29,30)31)23-15-34(12-11-21(36)16-35)25-4-2-1-3-22(23)25/h1-10,13-15,21,32-33,35-37H,11-12,16H2/p+1. The molecule has 3 aromatic carbocycles. The fourth-order valence-electron chi connectivity index (χ4n) is 4.37. The number of aliphatic hydroxyl groups is 3. The van der Waals surface area contributed by atoms with E-state index in [1.54, 1.807) is 23.5 Å². The number of halogens is 4. The highest BCUT2D eigenvalue weighted by atomic mass is 19.4. The zero-order valence-corrected chi connectivity index (χ0v) is 19.6. The average molecular weight is 517 g/mol. The molecule has 2 unspecified atom stereocenters. The Bertz CT molecular complexity index is 1400. The van der Waals surface area contributed by atoms with Crippen LogP contribution in [0, 0.1) is 11.2 Å². The second kappa shape index (κ2) is 10.4. The zero-order valence-electron chi connectivity index (χ0n) is 19.6. The first-order chi connectivity index (χ1) is 17.6. The van der Waals surface area contributed by atoms with Gasteiger partial charge in [-0.05, 0) is 42.3 Å². The molecular formula is C27H26F4N3O3+. The minimum atomic E-state index is -5.12. The van der Waals surface area contributed by atoms with Gasteiger partial charge < -0.3 is 25.3 Å². The van der Waals surface area contributed by atoms with Gasteiger partial charge in [0.05, 0.1) is 18.3 Å². The quantitative estimate of drug-likeness (QED) is 0.133. The van der Waals surface area contributed by atoms with E-state index in [1.165, 1.54) is 47.2 Å². The molecule has 0 saturated heterocycles. The molecule has 0 aliphatic carbocycles. The summed E-state index contributed by atoms with van der Waals surface area (Å²) in [4.78, 5) is 0. The third-order valence-electron chi connectivity index (χ3n) is 6.35. The molecule has 0 amide bonds. The number of aromatic nitrogens is 1. The van der Waals surface area contributed by atoms with Crippen LogP contribution in [-0.4, -0.2) is 45.0 Å². The third-order valence-corrected chi connectivity index (χ3v) is 6.35. The Kier molecular flexibility index (Phi) is 7.47. The molecule has 10 heteroatoms. The number of nitrogens with zero attached hydrogens (tertiary/aromatic N) is 1. The number of quaternary nitrogens is 1. The van der Waals surface area contributed by atoms with Gasteiger partial charge in [-0.15, -0.1) is 0 Å². The van der Waals surface area contributed by atoms with Crippen LogP contribution in [0.25, 0.3) is 10.9 Å². The maximum Gasteiger partial charge on any atom is 0.425 e. The molecule has 2 atom stereocenters. The van der Waals surface area contributed by atoms with E-state index < -0.39 is 35.9 Å². The van der Waals surface area contributed by atoms with Gasteiger partial charge in [0.15, 0.2) is 0 Å². The highest BCUT2D eigenvalue weighted by molar-refractivity contribution is 5.87. The molecule has 0 aliphatic heterocycles. The summed E-state index contributed by atoms with van der Waals surface area (Å²) in [5.74, 6) is -0.431. The Morgan fingerprint density at radius 1 is 1.03 bits per heavy atom. The summed E-state index contributed by atoms with van der Waals surface area (Å²) in [6, 6.07) is 15.5. The number of alkyl halides is 3. The summed E-state index contributed by atoms with van der Waals surface area (Å²) in [5.41, 5.74) is -2.67. The molecular weight excluding hydrogens is 490 g/mol. The Morgan fingerprint density at radius 2 is 1.73 bits per heavy atom. The number of hydrogen-bond donors (Lipinski definition) is 5. The van der Waals surface area contributed by atoms with E-state index in [2.05, 4.69) is 0 Å². The predicted molar refractivity (Wildman–Crippen MR) is 131 cm³/mol. The molecule has 0 radical (unpaired) electrons.